The van der Waals surface area contributed by atoms with Crippen LogP contribution in [0, 0.1) is 5.92 Å². The predicted molar refractivity (Wildman–Crippen MR) is 68.2 cm³/mol. The summed E-state index contributed by atoms with van der Waals surface area (Å²) in [6, 6.07) is 8.21. The van der Waals surface area contributed by atoms with Gasteiger partial charge >= 0.3 is 5.97 Å². The van der Waals surface area contributed by atoms with Gasteiger partial charge in [0.1, 0.15) is 0 Å². The van der Waals surface area contributed by atoms with Crippen LogP contribution in [-0.2, 0) is 11.2 Å². The van der Waals surface area contributed by atoms with Crippen LogP contribution in [0.15, 0.2) is 24.3 Å². The summed E-state index contributed by atoms with van der Waals surface area (Å²) in [5, 5.41) is 9.31. The summed E-state index contributed by atoms with van der Waals surface area (Å²) in [5.41, 5.74) is 2.51. The normalized spacial score (nSPS) is 22.4. The van der Waals surface area contributed by atoms with Gasteiger partial charge < -0.3 is 5.11 Å². The first-order valence-electron chi connectivity index (χ1n) is 6.54. The number of unbranched alkanes of at least 4 members (excludes halogenated alkanes) is 2. The molecule has 17 heavy (non-hydrogen) atoms. The monoisotopic (exact) mass is 232 g/mol. The summed E-state index contributed by atoms with van der Waals surface area (Å²) >= 11 is 0. The molecule has 0 aromatic heterocycles. The third-order valence-electron chi connectivity index (χ3n) is 3.82. The van der Waals surface area contributed by atoms with Gasteiger partial charge in [-0.15, -0.1) is 0 Å². The van der Waals surface area contributed by atoms with E-state index in [1.807, 2.05) is 12.1 Å². The number of rotatable bonds is 5. The van der Waals surface area contributed by atoms with Crippen LogP contribution >= 0.6 is 0 Å². The molecule has 1 aromatic carbocycles. The van der Waals surface area contributed by atoms with Crippen molar-refractivity contribution in [3.63, 3.8) is 0 Å². The number of carboxylic acid groups (broad SMARTS) is 1. The molecular formula is C15H20O2. The predicted octanol–water partition coefficient (Wildman–Crippen LogP) is 3.61. The molecule has 2 atom stereocenters. The van der Waals surface area contributed by atoms with Gasteiger partial charge in [-0.1, -0.05) is 50.5 Å². The molecule has 1 aliphatic rings. The van der Waals surface area contributed by atoms with E-state index in [1.54, 1.807) is 0 Å². The largest absolute Gasteiger partial charge is 0.481 e. The number of aliphatic carboxylic acids is 1. The standard InChI is InChI=1S/C15H20O2/c1-2-3-4-9-13-12-8-6-5-7-11(12)10-14(13)15(16)17/h5-8,13-14H,2-4,9-10H2,1H3,(H,16,17). The second-order valence-corrected chi connectivity index (χ2v) is 4.95. The molecule has 2 nitrogen and oxygen atoms in total. The van der Waals surface area contributed by atoms with Gasteiger partial charge in [-0.3, -0.25) is 4.79 Å². The van der Waals surface area contributed by atoms with Gasteiger partial charge in [-0.2, -0.15) is 0 Å². The summed E-state index contributed by atoms with van der Waals surface area (Å²) < 4.78 is 0. The van der Waals surface area contributed by atoms with Crippen LogP contribution in [0.25, 0.3) is 0 Å². The molecule has 1 aromatic rings. The highest BCUT2D eigenvalue weighted by atomic mass is 16.4. The Bertz CT molecular complexity index is 398. The Morgan fingerprint density at radius 2 is 2.12 bits per heavy atom. The average Bonchev–Trinajstić information content (AvgIpc) is 2.69. The molecule has 0 bridgehead atoms. The Hall–Kier alpha value is -1.31. The Morgan fingerprint density at radius 1 is 1.35 bits per heavy atom. The molecule has 0 fully saturated rings. The molecule has 2 heteroatoms. The topological polar surface area (TPSA) is 37.3 Å². The maximum absolute atomic E-state index is 11.3. The molecular weight excluding hydrogens is 212 g/mol. The van der Waals surface area contributed by atoms with Gasteiger partial charge in [0.2, 0.25) is 0 Å². The van der Waals surface area contributed by atoms with Gasteiger partial charge in [-0.05, 0) is 29.9 Å². The Balaban J connectivity index is 2.15. The molecule has 92 valence electrons. The smallest absolute Gasteiger partial charge is 0.307 e. The number of fused-ring (bicyclic) bond motifs is 1. The van der Waals surface area contributed by atoms with E-state index >= 15 is 0 Å². The fraction of sp³-hybridized carbons (Fsp3) is 0.533. The van der Waals surface area contributed by atoms with Crippen LogP contribution in [0.1, 0.15) is 49.7 Å². The van der Waals surface area contributed by atoms with Crippen molar-refractivity contribution in [2.24, 2.45) is 5.92 Å². The van der Waals surface area contributed by atoms with Gasteiger partial charge in [0, 0.05) is 0 Å². The van der Waals surface area contributed by atoms with E-state index in [-0.39, 0.29) is 11.8 Å². The van der Waals surface area contributed by atoms with E-state index in [4.69, 9.17) is 0 Å². The highest BCUT2D eigenvalue weighted by molar-refractivity contribution is 5.73. The molecule has 1 aliphatic carbocycles. The van der Waals surface area contributed by atoms with Crippen LogP contribution in [0.3, 0.4) is 0 Å². The van der Waals surface area contributed by atoms with Crippen molar-refractivity contribution in [3.8, 4) is 0 Å². The summed E-state index contributed by atoms with van der Waals surface area (Å²) in [4.78, 5) is 11.3. The van der Waals surface area contributed by atoms with E-state index in [9.17, 15) is 9.90 Å². The zero-order chi connectivity index (χ0) is 12.3. The van der Waals surface area contributed by atoms with E-state index in [1.165, 1.54) is 24.0 Å². The molecule has 0 spiro atoms. The Labute approximate surface area is 103 Å². The molecule has 0 radical (unpaired) electrons. The minimum atomic E-state index is -0.636. The lowest BCUT2D eigenvalue weighted by Crippen LogP contribution is -2.18. The van der Waals surface area contributed by atoms with Crippen molar-refractivity contribution >= 4 is 5.97 Å². The summed E-state index contributed by atoms with van der Waals surface area (Å²) in [6.45, 7) is 2.18. The van der Waals surface area contributed by atoms with Crippen LogP contribution in [-0.4, -0.2) is 11.1 Å². The third-order valence-corrected chi connectivity index (χ3v) is 3.82. The maximum Gasteiger partial charge on any atom is 0.307 e. The van der Waals surface area contributed by atoms with Crippen molar-refractivity contribution in [1.29, 1.82) is 0 Å². The van der Waals surface area contributed by atoms with E-state index in [2.05, 4.69) is 19.1 Å². The Morgan fingerprint density at radius 3 is 2.82 bits per heavy atom. The molecule has 2 unspecified atom stereocenters. The lowest BCUT2D eigenvalue weighted by molar-refractivity contribution is -0.142. The first-order valence-corrected chi connectivity index (χ1v) is 6.54. The average molecular weight is 232 g/mol. The summed E-state index contributed by atoms with van der Waals surface area (Å²) in [7, 11) is 0. The van der Waals surface area contributed by atoms with Gasteiger partial charge in [0.05, 0.1) is 5.92 Å². The number of benzene rings is 1. The molecule has 1 N–H and O–H groups in total. The fourth-order valence-electron chi connectivity index (χ4n) is 2.91. The van der Waals surface area contributed by atoms with E-state index in [0.29, 0.717) is 6.42 Å². The lowest BCUT2D eigenvalue weighted by atomic mass is 9.88. The number of hydrogen-bond donors (Lipinski definition) is 1. The molecule has 0 amide bonds. The second-order valence-electron chi connectivity index (χ2n) is 4.95. The van der Waals surface area contributed by atoms with Crippen LogP contribution in [0.5, 0.6) is 0 Å². The van der Waals surface area contributed by atoms with Crippen molar-refractivity contribution in [3.05, 3.63) is 35.4 Å². The number of carboxylic acids is 1. The molecule has 0 saturated carbocycles. The van der Waals surface area contributed by atoms with Crippen molar-refractivity contribution in [2.45, 2.75) is 44.9 Å². The van der Waals surface area contributed by atoms with Crippen LogP contribution < -0.4 is 0 Å². The first kappa shape index (κ1) is 12.2. The lowest BCUT2D eigenvalue weighted by Gasteiger charge is -2.16. The first-order chi connectivity index (χ1) is 8.24. The molecule has 0 aliphatic heterocycles. The third kappa shape index (κ3) is 2.51. The van der Waals surface area contributed by atoms with Crippen LogP contribution in [0.2, 0.25) is 0 Å². The zero-order valence-electron chi connectivity index (χ0n) is 10.4. The Kier molecular flexibility index (Phi) is 3.82. The number of hydrogen-bond acceptors (Lipinski definition) is 1. The van der Waals surface area contributed by atoms with E-state index in [0.717, 1.165) is 12.8 Å². The highest BCUT2D eigenvalue weighted by Gasteiger charge is 2.36. The SMILES string of the molecule is CCCCCC1c2ccccc2CC1C(=O)O. The number of carbonyl (C=O) groups is 1. The van der Waals surface area contributed by atoms with Gasteiger partial charge in [-0.25, -0.2) is 0 Å². The minimum Gasteiger partial charge on any atom is -0.481 e. The molecule has 0 saturated heterocycles. The zero-order valence-corrected chi connectivity index (χ0v) is 10.4. The maximum atomic E-state index is 11.3. The van der Waals surface area contributed by atoms with Crippen molar-refractivity contribution in [1.82, 2.24) is 0 Å². The van der Waals surface area contributed by atoms with E-state index < -0.39 is 5.97 Å². The molecule has 0 heterocycles. The van der Waals surface area contributed by atoms with Crippen molar-refractivity contribution in [2.75, 3.05) is 0 Å². The second kappa shape index (κ2) is 5.35. The quantitative estimate of drug-likeness (QED) is 0.787. The van der Waals surface area contributed by atoms with Crippen molar-refractivity contribution < 1.29 is 9.90 Å². The van der Waals surface area contributed by atoms with Gasteiger partial charge in [0.25, 0.3) is 0 Å². The van der Waals surface area contributed by atoms with Crippen LogP contribution in [0.4, 0.5) is 0 Å². The molecule has 2 rings (SSSR count). The summed E-state index contributed by atoms with van der Waals surface area (Å²) in [6.07, 6.45) is 5.25. The van der Waals surface area contributed by atoms with Gasteiger partial charge in [0.15, 0.2) is 0 Å². The highest BCUT2D eigenvalue weighted by Crippen LogP contribution is 2.41. The fourth-order valence-corrected chi connectivity index (χ4v) is 2.91. The minimum absolute atomic E-state index is 0.204. The summed E-state index contributed by atoms with van der Waals surface area (Å²) in [5.74, 6) is -0.609.